The van der Waals surface area contributed by atoms with E-state index >= 15 is 0 Å². The summed E-state index contributed by atoms with van der Waals surface area (Å²) in [6.45, 7) is -2.11. The summed E-state index contributed by atoms with van der Waals surface area (Å²) in [5.74, 6) is -4.97. The molecule has 0 aromatic carbocycles. The fourth-order valence-corrected chi connectivity index (χ4v) is 0.820. The molecule has 0 amide bonds. The number of aliphatic hydroxyl groups excluding tert-OH is 1. The van der Waals surface area contributed by atoms with Gasteiger partial charge < -0.3 is 19.9 Å². The SMILES string of the molecule is O=C(O)c1ccc(NCC(F)(F)CO)o1. The molecular weight excluding hydrogens is 212 g/mol. The van der Waals surface area contributed by atoms with Crippen molar-refractivity contribution in [2.75, 3.05) is 18.5 Å². The summed E-state index contributed by atoms with van der Waals surface area (Å²) in [6.07, 6.45) is 0. The zero-order valence-electron chi connectivity index (χ0n) is 7.54. The minimum atomic E-state index is -3.27. The zero-order valence-corrected chi connectivity index (χ0v) is 7.54. The van der Waals surface area contributed by atoms with Crippen molar-refractivity contribution in [2.24, 2.45) is 0 Å². The molecule has 0 aliphatic rings. The number of aromatic carboxylic acids is 1. The Labute approximate surface area is 83.3 Å². The fraction of sp³-hybridized carbons (Fsp3) is 0.375. The fourth-order valence-electron chi connectivity index (χ4n) is 0.820. The molecule has 0 fully saturated rings. The Bertz CT molecular complexity index is 350. The van der Waals surface area contributed by atoms with Gasteiger partial charge in [-0.05, 0) is 6.07 Å². The van der Waals surface area contributed by atoms with Crippen LogP contribution in [0, 0.1) is 0 Å². The average Bonchev–Trinajstić information content (AvgIpc) is 2.63. The van der Waals surface area contributed by atoms with Crippen molar-refractivity contribution in [3.63, 3.8) is 0 Å². The topological polar surface area (TPSA) is 82.7 Å². The predicted molar refractivity (Wildman–Crippen MR) is 46.2 cm³/mol. The highest BCUT2D eigenvalue weighted by molar-refractivity contribution is 5.84. The second-order valence-corrected chi connectivity index (χ2v) is 2.84. The van der Waals surface area contributed by atoms with E-state index in [4.69, 9.17) is 10.2 Å². The third kappa shape index (κ3) is 3.21. The molecule has 1 heterocycles. The first-order valence-electron chi connectivity index (χ1n) is 4.00. The third-order valence-corrected chi connectivity index (χ3v) is 1.57. The van der Waals surface area contributed by atoms with Gasteiger partial charge in [-0.3, -0.25) is 0 Å². The Morgan fingerprint density at radius 1 is 1.53 bits per heavy atom. The minimum absolute atomic E-state index is 0.0828. The Hall–Kier alpha value is -1.63. The van der Waals surface area contributed by atoms with Crippen molar-refractivity contribution in [3.05, 3.63) is 17.9 Å². The molecule has 0 saturated carbocycles. The monoisotopic (exact) mass is 221 g/mol. The zero-order chi connectivity index (χ0) is 11.5. The van der Waals surface area contributed by atoms with E-state index in [2.05, 4.69) is 9.73 Å². The van der Waals surface area contributed by atoms with E-state index in [1.54, 1.807) is 0 Å². The van der Waals surface area contributed by atoms with Crippen LogP contribution in [0.5, 0.6) is 0 Å². The number of hydrogen-bond donors (Lipinski definition) is 3. The molecule has 0 spiro atoms. The van der Waals surface area contributed by atoms with E-state index < -0.39 is 25.0 Å². The molecule has 1 aromatic heterocycles. The van der Waals surface area contributed by atoms with Crippen molar-refractivity contribution in [1.29, 1.82) is 0 Å². The Morgan fingerprint density at radius 2 is 2.20 bits per heavy atom. The van der Waals surface area contributed by atoms with Crippen LogP contribution in [-0.4, -0.2) is 35.3 Å². The minimum Gasteiger partial charge on any atom is -0.475 e. The Kier molecular flexibility index (Phi) is 3.25. The largest absolute Gasteiger partial charge is 0.475 e. The first-order valence-corrected chi connectivity index (χ1v) is 4.00. The van der Waals surface area contributed by atoms with Gasteiger partial charge in [-0.2, -0.15) is 0 Å². The van der Waals surface area contributed by atoms with Crippen LogP contribution >= 0.6 is 0 Å². The predicted octanol–water partition coefficient (Wildman–Crippen LogP) is 1.02. The van der Waals surface area contributed by atoms with Crippen LogP contribution in [-0.2, 0) is 0 Å². The number of nitrogens with one attached hydrogen (secondary N) is 1. The van der Waals surface area contributed by atoms with Crippen LogP contribution in [0.25, 0.3) is 0 Å². The summed E-state index contributed by atoms with van der Waals surface area (Å²) in [4.78, 5) is 10.4. The van der Waals surface area contributed by atoms with Gasteiger partial charge in [0.25, 0.3) is 5.92 Å². The van der Waals surface area contributed by atoms with Crippen molar-refractivity contribution < 1.29 is 28.2 Å². The normalized spacial score (nSPS) is 11.4. The summed E-state index contributed by atoms with van der Waals surface area (Å²) < 4.78 is 29.7. The Balaban J connectivity index is 2.55. The summed E-state index contributed by atoms with van der Waals surface area (Å²) in [7, 11) is 0. The van der Waals surface area contributed by atoms with Gasteiger partial charge in [0.15, 0.2) is 5.88 Å². The maximum atomic E-state index is 12.5. The maximum absolute atomic E-state index is 12.5. The number of carboxylic acids is 1. The van der Waals surface area contributed by atoms with E-state index in [1.807, 2.05) is 0 Å². The molecule has 1 aromatic rings. The molecule has 0 unspecified atom stereocenters. The van der Waals surface area contributed by atoms with Crippen molar-refractivity contribution in [1.82, 2.24) is 0 Å². The van der Waals surface area contributed by atoms with Crippen LogP contribution in [0.2, 0.25) is 0 Å². The lowest BCUT2D eigenvalue weighted by Gasteiger charge is -2.12. The lowest BCUT2D eigenvalue weighted by Crippen LogP contribution is -2.30. The van der Waals surface area contributed by atoms with Gasteiger partial charge in [0.05, 0.1) is 6.54 Å². The maximum Gasteiger partial charge on any atom is 0.371 e. The summed E-state index contributed by atoms with van der Waals surface area (Å²) >= 11 is 0. The third-order valence-electron chi connectivity index (χ3n) is 1.57. The second kappa shape index (κ2) is 4.26. The molecule has 0 aliphatic carbocycles. The van der Waals surface area contributed by atoms with Gasteiger partial charge in [-0.15, -0.1) is 0 Å². The smallest absolute Gasteiger partial charge is 0.371 e. The van der Waals surface area contributed by atoms with E-state index in [1.165, 1.54) is 6.07 Å². The molecule has 5 nitrogen and oxygen atoms in total. The summed E-state index contributed by atoms with van der Waals surface area (Å²) in [5.41, 5.74) is 0. The quantitative estimate of drug-likeness (QED) is 0.691. The molecule has 15 heavy (non-hydrogen) atoms. The van der Waals surface area contributed by atoms with Crippen LogP contribution in [0.1, 0.15) is 10.6 Å². The van der Waals surface area contributed by atoms with Gasteiger partial charge in [0, 0.05) is 6.07 Å². The lowest BCUT2D eigenvalue weighted by molar-refractivity contribution is -0.0375. The molecule has 7 heteroatoms. The summed E-state index contributed by atoms with van der Waals surface area (Å²) in [6, 6.07) is 2.36. The standard InChI is InChI=1S/C8H9F2NO4/c9-8(10,4-12)3-11-6-2-1-5(15-6)7(13)14/h1-2,11-12H,3-4H2,(H,13,14). The summed E-state index contributed by atoms with van der Waals surface area (Å²) in [5, 5.41) is 18.9. The first-order chi connectivity index (χ1) is 6.94. The van der Waals surface area contributed by atoms with Gasteiger partial charge in [0.1, 0.15) is 6.61 Å². The highest BCUT2D eigenvalue weighted by atomic mass is 19.3. The molecule has 0 bridgehead atoms. The second-order valence-electron chi connectivity index (χ2n) is 2.84. The number of carbonyl (C=O) groups is 1. The van der Waals surface area contributed by atoms with Crippen molar-refractivity contribution in [2.45, 2.75) is 5.92 Å². The lowest BCUT2D eigenvalue weighted by atomic mass is 10.3. The van der Waals surface area contributed by atoms with Crippen LogP contribution in [0.4, 0.5) is 14.7 Å². The molecule has 0 aliphatic heterocycles. The van der Waals surface area contributed by atoms with E-state index in [9.17, 15) is 13.6 Å². The van der Waals surface area contributed by atoms with Crippen molar-refractivity contribution >= 4 is 11.9 Å². The highest BCUT2D eigenvalue weighted by Gasteiger charge is 2.27. The number of furan rings is 1. The molecule has 0 saturated heterocycles. The molecular formula is C8H9F2NO4. The molecule has 84 valence electrons. The number of anilines is 1. The van der Waals surface area contributed by atoms with Crippen LogP contribution < -0.4 is 5.32 Å². The van der Waals surface area contributed by atoms with Crippen LogP contribution in [0.3, 0.4) is 0 Å². The molecule has 1 rings (SSSR count). The van der Waals surface area contributed by atoms with Crippen molar-refractivity contribution in [3.8, 4) is 0 Å². The molecule has 0 atom stereocenters. The first kappa shape index (κ1) is 11.4. The number of rotatable bonds is 5. The van der Waals surface area contributed by atoms with Gasteiger partial charge in [0.2, 0.25) is 5.76 Å². The number of carboxylic acid groups (broad SMARTS) is 1. The number of hydrogen-bond acceptors (Lipinski definition) is 4. The van der Waals surface area contributed by atoms with E-state index in [-0.39, 0.29) is 11.6 Å². The molecule has 0 radical (unpaired) electrons. The Morgan fingerprint density at radius 3 is 2.67 bits per heavy atom. The van der Waals surface area contributed by atoms with Gasteiger partial charge >= 0.3 is 5.97 Å². The van der Waals surface area contributed by atoms with E-state index in [0.29, 0.717) is 0 Å². The highest BCUT2D eigenvalue weighted by Crippen LogP contribution is 2.17. The number of halogens is 2. The van der Waals surface area contributed by atoms with E-state index in [0.717, 1.165) is 6.07 Å². The van der Waals surface area contributed by atoms with Gasteiger partial charge in [-0.1, -0.05) is 0 Å². The van der Waals surface area contributed by atoms with Gasteiger partial charge in [-0.25, -0.2) is 13.6 Å². The molecule has 3 N–H and O–H groups in total. The number of alkyl halides is 2. The number of aliphatic hydroxyl groups is 1. The average molecular weight is 221 g/mol. The van der Waals surface area contributed by atoms with Crippen LogP contribution in [0.15, 0.2) is 16.5 Å².